The highest BCUT2D eigenvalue weighted by atomic mass is 16.6. The lowest BCUT2D eigenvalue weighted by molar-refractivity contribution is -0.139. The van der Waals surface area contributed by atoms with E-state index < -0.39 is 23.7 Å². The molecule has 0 fully saturated rings. The van der Waals surface area contributed by atoms with Crippen LogP contribution in [0.25, 0.3) is 10.9 Å². The van der Waals surface area contributed by atoms with Crippen LogP contribution in [0.5, 0.6) is 0 Å². The number of unbranched alkanes of at least 4 members (excludes halogenated alkanes) is 1. The van der Waals surface area contributed by atoms with E-state index in [2.05, 4.69) is 16.8 Å². The van der Waals surface area contributed by atoms with Gasteiger partial charge in [0, 0.05) is 30.1 Å². The number of carbonyl (C=O) groups excluding carboxylic acids is 1. The number of alkyl carbamates (subject to hydrolysis) is 1. The molecular weight excluding hydrogens is 332 g/mol. The van der Waals surface area contributed by atoms with E-state index in [4.69, 9.17) is 4.74 Å². The van der Waals surface area contributed by atoms with Crippen molar-refractivity contribution in [3.63, 3.8) is 0 Å². The highest BCUT2D eigenvalue weighted by Crippen LogP contribution is 2.23. The number of carboxylic acid groups (broad SMARTS) is 1. The molecule has 0 unspecified atom stereocenters. The lowest BCUT2D eigenvalue weighted by Gasteiger charge is -2.22. The molecule has 0 aliphatic carbocycles. The lowest BCUT2D eigenvalue weighted by Crippen LogP contribution is -2.44. The van der Waals surface area contributed by atoms with E-state index >= 15 is 0 Å². The van der Waals surface area contributed by atoms with E-state index in [1.807, 2.05) is 30.5 Å². The van der Waals surface area contributed by atoms with Crippen LogP contribution in [0.2, 0.25) is 0 Å². The quantitative estimate of drug-likeness (QED) is 0.783. The number of aryl methyl sites for hydroxylation is 1. The number of aliphatic carboxylic acids is 1. The zero-order valence-corrected chi connectivity index (χ0v) is 15.9. The Balaban J connectivity index is 2.23. The van der Waals surface area contributed by atoms with Gasteiger partial charge in [0.1, 0.15) is 11.6 Å². The van der Waals surface area contributed by atoms with Crippen LogP contribution in [-0.4, -0.2) is 33.4 Å². The Kier molecular flexibility index (Phi) is 6.29. The van der Waals surface area contributed by atoms with Crippen LogP contribution in [0.15, 0.2) is 30.5 Å². The van der Waals surface area contributed by atoms with Crippen molar-refractivity contribution in [3.8, 4) is 0 Å². The second kappa shape index (κ2) is 8.25. The molecule has 1 aromatic heterocycles. The number of fused-ring (bicyclic) bond motifs is 1. The molecule has 0 saturated carbocycles. The van der Waals surface area contributed by atoms with Crippen LogP contribution in [0.1, 0.15) is 46.1 Å². The number of nitrogens with one attached hydrogen (secondary N) is 1. The normalized spacial score (nSPS) is 12.8. The molecule has 2 aromatic rings. The summed E-state index contributed by atoms with van der Waals surface area (Å²) in [5.74, 6) is -1.08. The number of aromatic nitrogens is 1. The number of hydrogen-bond acceptors (Lipinski definition) is 3. The summed E-state index contributed by atoms with van der Waals surface area (Å²) in [7, 11) is 0. The highest BCUT2D eigenvalue weighted by molar-refractivity contribution is 5.86. The van der Waals surface area contributed by atoms with Gasteiger partial charge < -0.3 is 19.7 Å². The molecule has 26 heavy (non-hydrogen) atoms. The van der Waals surface area contributed by atoms with Gasteiger partial charge in [-0.1, -0.05) is 31.5 Å². The van der Waals surface area contributed by atoms with Crippen molar-refractivity contribution >= 4 is 23.0 Å². The number of rotatable bonds is 7. The molecule has 6 nitrogen and oxygen atoms in total. The van der Waals surface area contributed by atoms with Crippen molar-refractivity contribution in [2.45, 2.75) is 65.1 Å². The fourth-order valence-electron chi connectivity index (χ4n) is 2.87. The van der Waals surface area contributed by atoms with Gasteiger partial charge in [-0.2, -0.15) is 0 Å². The molecule has 2 rings (SSSR count). The number of carboxylic acids is 1. The van der Waals surface area contributed by atoms with Gasteiger partial charge in [-0.25, -0.2) is 9.59 Å². The van der Waals surface area contributed by atoms with Gasteiger partial charge in [-0.3, -0.25) is 0 Å². The van der Waals surface area contributed by atoms with Gasteiger partial charge in [0.15, 0.2) is 0 Å². The first-order valence-corrected chi connectivity index (χ1v) is 9.00. The summed E-state index contributed by atoms with van der Waals surface area (Å²) in [5, 5.41) is 13.0. The van der Waals surface area contributed by atoms with Crippen LogP contribution in [0, 0.1) is 0 Å². The lowest BCUT2D eigenvalue weighted by atomic mass is 10.1. The van der Waals surface area contributed by atoms with Gasteiger partial charge >= 0.3 is 12.1 Å². The molecule has 0 radical (unpaired) electrons. The molecule has 1 aromatic carbocycles. The van der Waals surface area contributed by atoms with Gasteiger partial charge in [0.05, 0.1) is 0 Å². The van der Waals surface area contributed by atoms with Gasteiger partial charge in [0.2, 0.25) is 0 Å². The minimum absolute atomic E-state index is 0.203. The van der Waals surface area contributed by atoms with Crippen LogP contribution >= 0.6 is 0 Å². The smallest absolute Gasteiger partial charge is 0.408 e. The molecule has 6 heteroatoms. The topological polar surface area (TPSA) is 80.6 Å². The van der Waals surface area contributed by atoms with E-state index in [-0.39, 0.29) is 6.42 Å². The molecule has 2 N–H and O–H groups in total. The van der Waals surface area contributed by atoms with Crippen LogP contribution in [0.4, 0.5) is 4.79 Å². The summed E-state index contributed by atoms with van der Waals surface area (Å²) in [4.78, 5) is 23.6. The summed E-state index contributed by atoms with van der Waals surface area (Å²) < 4.78 is 7.34. The van der Waals surface area contributed by atoms with E-state index in [1.165, 1.54) is 0 Å². The van der Waals surface area contributed by atoms with Gasteiger partial charge in [-0.15, -0.1) is 0 Å². The van der Waals surface area contributed by atoms with E-state index in [1.54, 1.807) is 20.8 Å². The zero-order chi connectivity index (χ0) is 19.3. The second-order valence-corrected chi connectivity index (χ2v) is 7.46. The third-order valence-electron chi connectivity index (χ3n) is 4.04. The fourth-order valence-corrected chi connectivity index (χ4v) is 2.87. The zero-order valence-electron chi connectivity index (χ0n) is 15.9. The second-order valence-electron chi connectivity index (χ2n) is 7.46. The number of nitrogens with zero attached hydrogens (tertiary/aromatic N) is 1. The van der Waals surface area contributed by atoms with Crippen molar-refractivity contribution in [3.05, 3.63) is 36.0 Å². The molecule has 142 valence electrons. The summed E-state index contributed by atoms with van der Waals surface area (Å²) in [6.45, 7) is 8.24. The minimum Gasteiger partial charge on any atom is -0.480 e. The monoisotopic (exact) mass is 360 g/mol. The Morgan fingerprint density at radius 1 is 1.27 bits per heavy atom. The van der Waals surface area contributed by atoms with Crippen LogP contribution in [-0.2, 0) is 22.5 Å². The minimum atomic E-state index is -1.08. The SMILES string of the molecule is CCCCn1cc(C[C@H](NC(=O)OC(C)(C)C)C(=O)O)c2ccccc21. The Bertz CT molecular complexity index is 774. The highest BCUT2D eigenvalue weighted by Gasteiger charge is 2.25. The Morgan fingerprint density at radius 3 is 2.58 bits per heavy atom. The van der Waals surface area contributed by atoms with E-state index in [9.17, 15) is 14.7 Å². The van der Waals surface area contributed by atoms with Crippen molar-refractivity contribution in [1.82, 2.24) is 9.88 Å². The molecule has 0 saturated heterocycles. The first kappa shape index (κ1) is 19.8. The molecule has 1 amide bonds. The maximum Gasteiger partial charge on any atom is 0.408 e. The third kappa shape index (κ3) is 5.25. The number of para-hydroxylation sites is 1. The molecule has 0 aliphatic rings. The van der Waals surface area contributed by atoms with Crippen molar-refractivity contribution in [2.24, 2.45) is 0 Å². The van der Waals surface area contributed by atoms with Gasteiger partial charge in [0.25, 0.3) is 0 Å². The van der Waals surface area contributed by atoms with Crippen LogP contribution < -0.4 is 5.32 Å². The summed E-state index contributed by atoms with van der Waals surface area (Å²) in [6.07, 6.45) is 3.61. The number of amides is 1. The molecule has 0 aliphatic heterocycles. The average Bonchev–Trinajstić information content (AvgIpc) is 2.88. The van der Waals surface area contributed by atoms with Crippen molar-refractivity contribution < 1.29 is 19.4 Å². The Morgan fingerprint density at radius 2 is 1.96 bits per heavy atom. The molecule has 0 bridgehead atoms. The van der Waals surface area contributed by atoms with Crippen molar-refractivity contribution in [1.29, 1.82) is 0 Å². The third-order valence-corrected chi connectivity index (χ3v) is 4.04. The predicted octanol–water partition coefficient (Wildman–Crippen LogP) is 3.96. The summed E-state index contributed by atoms with van der Waals surface area (Å²) in [5.41, 5.74) is 1.31. The summed E-state index contributed by atoms with van der Waals surface area (Å²) in [6, 6.07) is 6.88. The average molecular weight is 360 g/mol. The first-order chi connectivity index (χ1) is 12.2. The standard InChI is InChI=1S/C20H28N2O4/c1-5-6-11-22-13-14(15-9-7-8-10-17(15)22)12-16(18(23)24)21-19(25)26-20(2,3)4/h7-10,13,16H,5-6,11-12H2,1-4H3,(H,21,25)(H,23,24)/t16-/m0/s1. The molecule has 0 spiro atoms. The van der Waals surface area contributed by atoms with Crippen LogP contribution in [0.3, 0.4) is 0 Å². The first-order valence-electron chi connectivity index (χ1n) is 9.00. The molecular formula is C20H28N2O4. The number of ether oxygens (including phenoxy) is 1. The Labute approximate surface area is 154 Å². The predicted molar refractivity (Wildman–Crippen MR) is 101 cm³/mol. The molecule has 1 heterocycles. The maximum absolute atomic E-state index is 12.0. The van der Waals surface area contributed by atoms with Crippen molar-refractivity contribution in [2.75, 3.05) is 0 Å². The molecule has 1 atom stereocenters. The Hall–Kier alpha value is -2.50. The van der Waals surface area contributed by atoms with E-state index in [0.717, 1.165) is 35.9 Å². The maximum atomic E-state index is 12.0. The fraction of sp³-hybridized carbons (Fsp3) is 0.500. The summed E-state index contributed by atoms with van der Waals surface area (Å²) >= 11 is 0. The largest absolute Gasteiger partial charge is 0.480 e. The van der Waals surface area contributed by atoms with Gasteiger partial charge in [-0.05, 0) is 38.8 Å². The number of benzene rings is 1. The van der Waals surface area contributed by atoms with E-state index in [0.29, 0.717) is 0 Å². The number of hydrogen-bond donors (Lipinski definition) is 2. The number of carbonyl (C=O) groups is 2.